The molecule has 3 N–H and O–H groups in total. The number of ether oxygens (including phenoxy) is 1. The monoisotopic (exact) mass is 239 g/mol. The lowest BCUT2D eigenvalue weighted by atomic mass is 10.1. The van der Waals surface area contributed by atoms with Gasteiger partial charge in [0.2, 0.25) is 0 Å². The van der Waals surface area contributed by atoms with E-state index in [-0.39, 0.29) is 5.75 Å². The highest BCUT2D eigenvalue weighted by Crippen LogP contribution is 2.36. The molecule has 1 rings (SSSR count). The number of benzene rings is 1. The molecule has 3 nitrogen and oxygen atoms in total. The van der Waals surface area contributed by atoms with Gasteiger partial charge in [0, 0.05) is 11.6 Å². The number of hydrogen-bond acceptors (Lipinski definition) is 3. The summed E-state index contributed by atoms with van der Waals surface area (Å²) in [6.07, 6.45) is -4.76. The molecule has 0 unspecified atom stereocenters. The van der Waals surface area contributed by atoms with E-state index >= 15 is 0 Å². The number of halogens is 4. The Hall–Kier alpha value is -1.50. The van der Waals surface area contributed by atoms with E-state index in [0.29, 0.717) is 6.07 Å². The van der Waals surface area contributed by atoms with E-state index in [2.05, 4.69) is 4.74 Å². The third kappa shape index (κ3) is 2.35. The van der Waals surface area contributed by atoms with Crippen molar-refractivity contribution in [1.82, 2.24) is 0 Å². The van der Waals surface area contributed by atoms with Crippen LogP contribution in [-0.4, -0.2) is 18.4 Å². The number of nitrogens with two attached hydrogens (primary N) is 1. The first-order valence-corrected chi connectivity index (χ1v) is 4.16. The van der Waals surface area contributed by atoms with Gasteiger partial charge in [-0.1, -0.05) is 0 Å². The van der Waals surface area contributed by atoms with Gasteiger partial charge in [-0.05, 0) is 6.07 Å². The van der Waals surface area contributed by atoms with Crippen molar-refractivity contribution in [3.63, 3.8) is 0 Å². The molecule has 1 aromatic rings. The molecule has 0 aliphatic heterocycles. The molecule has 1 atom stereocenters. The second-order valence-electron chi connectivity index (χ2n) is 3.06. The van der Waals surface area contributed by atoms with Crippen LogP contribution in [0.5, 0.6) is 11.5 Å². The molecular formula is C9H9F4NO2. The lowest BCUT2D eigenvalue weighted by Gasteiger charge is -2.17. The number of hydrogen-bond donors (Lipinski definition) is 2. The van der Waals surface area contributed by atoms with Gasteiger partial charge >= 0.3 is 6.18 Å². The van der Waals surface area contributed by atoms with Crippen LogP contribution in [0.3, 0.4) is 0 Å². The van der Waals surface area contributed by atoms with Crippen LogP contribution in [0.25, 0.3) is 0 Å². The van der Waals surface area contributed by atoms with Gasteiger partial charge in [0.1, 0.15) is 11.9 Å². The molecule has 0 bridgehead atoms. The number of methoxy groups -OCH3 is 1. The number of alkyl halides is 3. The second kappa shape index (κ2) is 4.17. The van der Waals surface area contributed by atoms with Crippen molar-refractivity contribution >= 4 is 0 Å². The minimum absolute atomic E-state index is 0.267. The Morgan fingerprint density at radius 3 is 2.38 bits per heavy atom. The summed E-state index contributed by atoms with van der Waals surface area (Å²) in [5, 5.41) is 9.11. The lowest BCUT2D eigenvalue weighted by molar-refractivity contribution is -0.149. The Balaban J connectivity index is 3.24. The SMILES string of the molecule is COc1cc([C@@H](N)C(F)(F)F)c(F)cc1O. The fourth-order valence-electron chi connectivity index (χ4n) is 1.14. The van der Waals surface area contributed by atoms with E-state index in [0.717, 1.165) is 13.2 Å². The minimum atomic E-state index is -4.76. The first kappa shape index (κ1) is 12.6. The Morgan fingerprint density at radius 2 is 1.94 bits per heavy atom. The predicted octanol–water partition coefficient (Wildman–Crippen LogP) is 2.10. The van der Waals surface area contributed by atoms with Gasteiger partial charge in [-0.25, -0.2) is 4.39 Å². The van der Waals surface area contributed by atoms with Gasteiger partial charge in [-0.3, -0.25) is 0 Å². The third-order valence-corrected chi connectivity index (χ3v) is 1.99. The van der Waals surface area contributed by atoms with Crippen LogP contribution >= 0.6 is 0 Å². The van der Waals surface area contributed by atoms with Crippen molar-refractivity contribution in [2.24, 2.45) is 5.73 Å². The van der Waals surface area contributed by atoms with Crippen molar-refractivity contribution in [3.8, 4) is 11.5 Å². The molecule has 0 saturated carbocycles. The highest BCUT2D eigenvalue weighted by molar-refractivity contribution is 5.43. The summed E-state index contributed by atoms with van der Waals surface area (Å²) in [6.45, 7) is 0. The van der Waals surface area contributed by atoms with Gasteiger partial charge in [0.05, 0.1) is 7.11 Å². The average molecular weight is 239 g/mol. The number of phenols is 1. The number of aromatic hydroxyl groups is 1. The van der Waals surface area contributed by atoms with Crippen molar-refractivity contribution in [2.45, 2.75) is 12.2 Å². The van der Waals surface area contributed by atoms with Gasteiger partial charge in [-0.15, -0.1) is 0 Å². The Labute approximate surface area is 88.4 Å². The zero-order chi connectivity index (χ0) is 12.5. The third-order valence-electron chi connectivity index (χ3n) is 1.99. The zero-order valence-corrected chi connectivity index (χ0v) is 8.18. The minimum Gasteiger partial charge on any atom is -0.504 e. The summed E-state index contributed by atoms with van der Waals surface area (Å²) in [5.74, 6) is -2.09. The topological polar surface area (TPSA) is 55.5 Å². The lowest BCUT2D eigenvalue weighted by Crippen LogP contribution is -2.29. The van der Waals surface area contributed by atoms with Crippen molar-refractivity contribution in [1.29, 1.82) is 0 Å². The van der Waals surface area contributed by atoms with E-state index in [9.17, 15) is 17.6 Å². The van der Waals surface area contributed by atoms with Gasteiger partial charge in [0.25, 0.3) is 0 Å². The Morgan fingerprint density at radius 1 is 1.38 bits per heavy atom. The summed E-state index contributed by atoms with van der Waals surface area (Å²) in [5.41, 5.74) is 4.07. The van der Waals surface area contributed by atoms with Crippen LogP contribution in [0, 0.1) is 5.82 Å². The van der Waals surface area contributed by atoms with Gasteiger partial charge in [0.15, 0.2) is 11.5 Å². The maximum absolute atomic E-state index is 13.2. The Bertz CT molecular complexity index is 392. The van der Waals surface area contributed by atoms with Crippen LogP contribution in [0.4, 0.5) is 17.6 Å². The maximum Gasteiger partial charge on any atom is 0.407 e. The molecule has 0 spiro atoms. The van der Waals surface area contributed by atoms with Crippen LogP contribution < -0.4 is 10.5 Å². The van der Waals surface area contributed by atoms with E-state index in [1.807, 2.05) is 0 Å². The van der Waals surface area contributed by atoms with Crippen molar-refractivity contribution < 1.29 is 27.4 Å². The first-order valence-electron chi connectivity index (χ1n) is 4.16. The molecule has 0 saturated heterocycles. The maximum atomic E-state index is 13.2. The van der Waals surface area contributed by atoms with E-state index in [1.54, 1.807) is 0 Å². The highest BCUT2D eigenvalue weighted by Gasteiger charge is 2.39. The Kier molecular flexibility index (Phi) is 3.27. The van der Waals surface area contributed by atoms with Crippen LogP contribution in [0.2, 0.25) is 0 Å². The number of rotatable bonds is 2. The molecule has 0 aliphatic rings. The summed E-state index contributed by atoms with van der Waals surface area (Å²) >= 11 is 0. The largest absolute Gasteiger partial charge is 0.504 e. The van der Waals surface area contributed by atoms with Crippen molar-refractivity contribution in [3.05, 3.63) is 23.5 Å². The van der Waals surface area contributed by atoms with Gasteiger partial charge < -0.3 is 15.6 Å². The van der Waals surface area contributed by atoms with Gasteiger partial charge in [-0.2, -0.15) is 13.2 Å². The molecule has 7 heteroatoms. The summed E-state index contributed by atoms with van der Waals surface area (Å²) < 4.78 is 54.5. The van der Waals surface area contributed by atoms with E-state index < -0.39 is 29.3 Å². The smallest absolute Gasteiger partial charge is 0.407 e. The summed E-state index contributed by atoms with van der Waals surface area (Å²) in [7, 11) is 1.13. The number of phenolic OH excluding ortho intramolecular Hbond substituents is 1. The fourth-order valence-corrected chi connectivity index (χ4v) is 1.14. The molecule has 16 heavy (non-hydrogen) atoms. The van der Waals surface area contributed by atoms with Crippen LogP contribution in [0.1, 0.15) is 11.6 Å². The molecule has 0 aromatic heterocycles. The molecule has 0 fully saturated rings. The van der Waals surface area contributed by atoms with Crippen LogP contribution in [0.15, 0.2) is 12.1 Å². The molecule has 1 aromatic carbocycles. The normalized spacial score (nSPS) is 13.6. The molecule has 0 heterocycles. The quantitative estimate of drug-likeness (QED) is 0.777. The first-order chi connectivity index (χ1) is 7.27. The molecule has 0 aliphatic carbocycles. The second-order valence-corrected chi connectivity index (χ2v) is 3.06. The van der Waals surface area contributed by atoms with E-state index in [4.69, 9.17) is 10.8 Å². The molecule has 90 valence electrons. The average Bonchev–Trinajstić information content (AvgIpc) is 2.15. The predicted molar refractivity (Wildman–Crippen MR) is 47.6 cm³/mol. The molecule has 0 radical (unpaired) electrons. The standard InChI is InChI=1S/C9H9F4NO2/c1-16-7-2-4(5(10)3-6(7)15)8(14)9(11,12)13/h2-3,8,15H,14H2,1H3/t8-/m1/s1. The zero-order valence-electron chi connectivity index (χ0n) is 8.18. The molecular weight excluding hydrogens is 230 g/mol. The summed E-state index contributed by atoms with van der Waals surface area (Å²) in [6, 6.07) is -1.20. The fraction of sp³-hybridized carbons (Fsp3) is 0.333. The highest BCUT2D eigenvalue weighted by atomic mass is 19.4. The van der Waals surface area contributed by atoms with Crippen molar-refractivity contribution in [2.75, 3.05) is 7.11 Å². The van der Waals surface area contributed by atoms with E-state index in [1.165, 1.54) is 0 Å². The van der Waals surface area contributed by atoms with Crippen LogP contribution in [-0.2, 0) is 0 Å². The summed E-state index contributed by atoms with van der Waals surface area (Å²) in [4.78, 5) is 0. The molecule has 0 amide bonds.